The summed E-state index contributed by atoms with van der Waals surface area (Å²) < 4.78 is 0. The number of unbranched alkanes of at least 4 members (excludes halogenated alkanes) is 1. The molecule has 0 amide bonds. The Balaban J connectivity index is 2.05. The van der Waals surface area contributed by atoms with Crippen LogP contribution in [0.5, 0.6) is 0 Å². The molecule has 0 aliphatic heterocycles. The Hall–Kier alpha value is -1.02. The average molecular weight is 246 g/mol. The quantitative estimate of drug-likeness (QED) is 0.792. The Kier molecular flexibility index (Phi) is 4.65. The van der Waals surface area contributed by atoms with Gasteiger partial charge in [0.15, 0.2) is 0 Å². The summed E-state index contributed by atoms with van der Waals surface area (Å²) in [5, 5.41) is 3.62. The minimum absolute atomic E-state index is 0.777. The van der Waals surface area contributed by atoms with E-state index in [1.807, 2.05) is 0 Å². The first kappa shape index (κ1) is 13.4. The van der Waals surface area contributed by atoms with Crippen LogP contribution in [0, 0.1) is 6.92 Å². The first-order chi connectivity index (χ1) is 8.70. The van der Waals surface area contributed by atoms with Crippen LogP contribution in [-0.4, -0.2) is 19.6 Å². The first-order valence-corrected chi connectivity index (χ1v) is 7.24. The molecule has 1 aliphatic carbocycles. The van der Waals surface area contributed by atoms with Crippen LogP contribution >= 0.6 is 0 Å². The molecule has 1 aromatic carbocycles. The van der Waals surface area contributed by atoms with E-state index in [9.17, 15) is 0 Å². The number of nitrogens with one attached hydrogen (secondary N) is 1. The molecule has 1 saturated carbocycles. The molecule has 2 heteroatoms. The van der Waals surface area contributed by atoms with E-state index in [0.29, 0.717) is 0 Å². The zero-order valence-corrected chi connectivity index (χ0v) is 12.0. The van der Waals surface area contributed by atoms with Crippen molar-refractivity contribution in [2.45, 2.75) is 52.1 Å². The SMILES string of the molecule is CCCCN(C)c1ccc(C)cc1CNC1CC1. The molecular formula is C16H26N2. The fourth-order valence-electron chi connectivity index (χ4n) is 2.29. The highest BCUT2D eigenvalue weighted by atomic mass is 15.1. The summed E-state index contributed by atoms with van der Waals surface area (Å²) in [6, 6.07) is 7.60. The smallest absolute Gasteiger partial charge is 0.0409 e. The number of anilines is 1. The number of hydrogen-bond donors (Lipinski definition) is 1. The zero-order valence-electron chi connectivity index (χ0n) is 12.0. The van der Waals surface area contributed by atoms with Gasteiger partial charge in [-0.1, -0.05) is 31.0 Å². The van der Waals surface area contributed by atoms with Gasteiger partial charge in [0.25, 0.3) is 0 Å². The monoisotopic (exact) mass is 246 g/mol. The summed E-state index contributed by atoms with van der Waals surface area (Å²) in [5.74, 6) is 0. The van der Waals surface area contributed by atoms with Crippen LogP contribution in [0.25, 0.3) is 0 Å². The highest BCUT2D eigenvalue weighted by Gasteiger charge is 2.20. The van der Waals surface area contributed by atoms with Crippen molar-refractivity contribution in [3.05, 3.63) is 29.3 Å². The predicted octanol–water partition coefficient (Wildman–Crippen LogP) is 3.48. The van der Waals surface area contributed by atoms with Gasteiger partial charge in [-0.25, -0.2) is 0 Å². The topological polar surface area (TPSA) is 15.3 Å². The number of benzene rings is 1. The summed E-state index contributed by atoms with van der Waals surface area (Å²) in [6.45, 7) is 6.59. The number of nitrogens with zero attached hydrogens (tertiary/aromatic N) is 1. The van der Waals surface area contributed by atoms with Gasteiger partial charge in [-0.2, -0.15) is 0 Å². The van der Waals surface area contributed by atoms with Crippen molar-refractivity contribution in [2.24, 2.45) is 0 Å². The minimum Gasteiger partial charge on any atom is -0.374 e. The van der Waals surface area contributed by atoms with Crippen LogP contribution in [-0.2, 0) is 6.54 Å². The van der Waals surface area contributed by atoms with E-state index in [0.717, 1.165) is 19.1 Å². The van der Waals surface area contributed by atoms with E-state index in [4.69, 9.17) is 0 Å². The zero-order chi connectivity index (χ0) is 13.0. The van der Waals surface area contributed by atoms with Gasteiger partial charge in [0.2, 0.25) is 0 Å². The van der Waals surface area contributed by atoms with Crippen LogP contribution in [0.2, 0.25) is 0 Å². The molecule has 2 rings (SSSR count). The molecular weight excluding hydrogens is 220 g/mol. The third-order valence-electron chi connectivity index (χ3n) is 3.65. The molecule has 1 N–H and O–H groups in total. The van der Waals surface area contributed by atoms with Crippen LogP contribution in [0.3, 0.4) is 0 Å². The highest BCUT2D eigenvalue weighted by Crippen LogP contribution is 2.24. The van der Waals surface area contributed by atoms with Crippen LogP contribution in [0.1, 0.15) is 43.7 Å². The fraction of sp³-hybridized carbons (Fsp3) is 0.625. The van der Waals surface area contributed by atoms with Crippen molar-refractivity contribution in [1.82, 2.24) is 5.32 Å². The van der Waals surface area contributed by atoms with Crippen molar-refractivity contribution in [2.75, 3.05) is 18.5 Å². The molecule has 1 aromatic rings. The number of rotatable bonds is 7. The molecule has 0 bridgehead atoms. The fourth-order valence-corrected chi connectivity index (χ4v) is 2.29. The summed E-state index contributed by atoms with van der Waals surface area (Å²) in [7, 11) is 2.21. The lowest BCUT2D eigenvalue weighted by molar-refractivity contribution is 0.683. The summed E-state index contributed by atoms with van der Waals surface area (Å²) in [6.07, 6.45) is 5.23. The Morgan fingerprint density at radius 3 is 2.78 bits per heavy atom. The normalized spacial score (nSPS) is 14.8. The minimum atomic E-state index is 0.777. The van der Waals surface area contributed by atoms with Gasteiger partial charge in [-0.3, -0.25) is 0 Å². The lowest BCUT2D eigenvalue weighted by Crippen LogP contribution is -2.22. The van der Waals surface area contributed by atoms with Gasteiger partial charge in [0.1, 0.15) is 0 Å². The number of aryl methyl sites for hydroxylation is 1. The molecule has 0 saturated heterocycles. The molecule has 0 radical (unpaired) electrons. The average Bonchev–Trinajstić information content (AvgIpc) is 3.17. The Morgan fingerprint density at radius 1 is 1.33 bits per heavy atom. The predicted molar refractivity (Wildman–Crippen MR) is 79.2 cm³/mol. The standard InChI is InChI=1S/C16H26N2/c1-4-5-10-18(3)16-9-6-13(2)11-14(16)12-17-15-7-8-15/h6,9,11,15,17H,4-5,7-8,10,12H2,1-3H3. The maximum absolute atomic E-state index is 3.62. The summed E-state index contributed by atoms with van der Waals surface area (Å²) in [5.41, 5.74) is 4.19. The van der Waals surface area contributed by atoms with E-state index in [2.05, 4.69) is 49.3 Å². The van der Waals surface area contributed by atoms with Crippen molar-refractivity contribution >= 4 is 5.69 Å². The summed E-state index contributed by atoms with van der Waals surface area (Å²) >= 11 is 0. The molecule has 100 valence electrons. The lowest BCUT2D eigenvalue weighted by Gasteiger charge is -2.23. The van der Waals surface area contributed by atoms with Gasteiger partial charge in [0, 0.05) is 31.9 Å². The van der Waals surface area contributed by atoms with Gasteiger partial charge in [0.05, 0.1) is 0 Å². The van der Waals surface area contributed by atoms with Gasteiger partial charge >= 0.3 is 0 Å². The van der Waals surface area contributed by atoms with Crippen LogP contribution < -0.4 is 10.2 Å². The van der Waals surface area contributed by atoms with Crippen molar-refractivity contribution in [3.63, 3.8) is 0 Å². The van der Waals surface area contributed by atoms with Crippen molar-refractivity contribution in [1.29, 1.82) is 0 Å². The van der Waals surface area contributed by atoms with E-state index < -0.39 is 0 Å². The lowest BCUT2D eigenvalue weighted by atomic mass is 10.1. The second-order valence-corrected chi connectivity index (χ2v) is 5.56. The van der Waals surface area contributed by atoms with E-state index in [-0.39, 0.29) is 0 Å². The highest BCUT2D eigenvalue weighted by molar-refractivity contribution is 5.54. The Labute approximate surface area is 111 Å². The second-order valence-electron chi connectivity index (χ2n) is 5.56. The maximum atomic E-state index is 3.62. The molecule has 0 unspecified atom stereocenters. The maximum Gasteiger partial charge on any atom is 0.0409 e. The Morgan fingerprint density at radius 2 is 2.11 bits per heavy atom. The van der Waals surface area contributed by atoms with E-state index >= 15 is 0 Å². The molecule has 0 spiro atoms. The van der Waals surface area contributed by atoms with Gasteiger partial charge in [-0.15, -0.1) is 0 Å². The largest absolute Gasteiger partial charge is 0.374 e. The second kappa shape index (κ2) is 6.24. The molecule has 0 aromatic heterocycles. The van der Waals surface area contributed by atoms with Gasteiger partial charge in [-0.05, 0) is 37.8 Å². The van der Waals surface area contributed by atoms with Crippen molar-refractivity contribution in [3.8, 4) is 0 Å². The number of hydrogen-bond acceptors (Lipinski definition) is 2. The van der Waals surface area contributed by atoms with E-state index in [1.54, 1.807) is 0 Å². The Bertz CT molecular complexity index is 383. The summed E-state index contributed by atoms with van der Waals surface area (Å²) in [4.78, 5) is 2.40. The van der Waals surface area contributed by atoms with Crippen LogP contribution in [0.15, 0.2) is 18.2 Å². The molecule has 0 atom stereocenters. The molecule has 2 nitrogen and oxygen atoms in total. The molecule has 0 heterocycles. The molecule has 1 aliphatic rings. The van der Waals surface area contributed by atoms with Crippen LogP contribution in [0.4, 0.5) is 5.69 Å². The van der Waals surface area contributed by atoms with Crippen molar-refractivity contribution < 1.29 is 0 Å². The van der Waals surface area contributed by atoms with E-state index in [1.165, 1.54) is 42.5 Å². The third-order valence-corrected chi connectivity index (χ3v) is 3.65. The molecule has 1 fully saturated rings. The first-order valence-electron chi connectivity index (χ1n) is 7.24. The molecule has 18 heavy (non-hydrogen) atoms. The third kappa shape index (κ3) is 3.74. The van der Waals surface area contributed by atoms with Gasteiger partial charge < -0.3 is 10.2 Å².